The van der Waals surface area contributed by atoms with Crippen LogP contribution in [0.1, 0.15) is 5.56 Å². The Morgan fingerprint density at radius 1 is 1.09 bits per heavy atom. The molecule has 0 aliphatic heterocycles. The van der Waals surface area contributed by atoms with Gasteiger partial charge in [-0.2, -0.15) is 0 Å². The molecule has 0 aliphatic rings. The summed E-state index contributed by atoms with van der Waals surface area (Å²) >= 11 is 0. The molecule has 3 aromatic rings. The molecule has 0 saturated carbocycles. The number of hydrogen-bond donors (Lipinski definition) is 1. The predicted molar refractivity (Wildman–Crippen MR) is 88.0 cm³/mol. The van der Waals surface area contributed by atoms with E-state index in [1.807, 2.05) is 37.4 Å². The first-order valence-corrected chi connectivity index (χ1v) is 7.06. The summed E-state index contributed by atoms with van der Waals surface area (Å²) < 4.78 is 19.3. The number of hydrogen-bond acceptors (Lipinski definition) is 3. The van der Waals surface area contributed by atoms with Crippen molar-refractivity contribution in [3.8, 4) is 17.0 Å². The summed E-state index contributed by atoms with van der Waals surface area (Å²) in [6.45, 7) is 1.75. The number of methoxy groups -OCH3 is 1. The Bertz CT molecular complexity index is 846. The number of nitrogens with one attached hydrogen (secondary N) is 1. The second-order valence-corrected chi connectivity index (χ2v) is 5.13. The highest BCUT2D eigenvalue weighted by atomic mass is 19.1. The molecule has 3 rings (SSSR count). The summed E-state index contributed by atoms with van der Waals surface area (Å²) in [6, 6.07) is 12.9. The lowest BCUT2D eigenvalue weighted by molar-refractivity contribution is 0.420. The number of fused-ring (bicyclic) bond motifs is 1. The molecule has 1 aromatic heterocycles. The van der Waals surface area contributed by atoms with Crippen LogP contribution in [0.4, 0.5) is 10.2 Å². The molecule has 1 heterocycles. The molecule has 22 heavy (non-hydrogen) atoms. The van der Waals surface area contributed by atoms with Gasteiger partial charge in [-0.15, -0.1) is 0 Å². The molecule has 1 N–H and O–H groups in total. The normalized spacial score (nSPS) is 10.7. The quantitative estimate of drug-likeness (QED) is 0.778. The number of pyridine rings is 1. The highest BCUT2D eigenvalue weighted by Crippen LogP contribution is 2.33. The van der Waals surface area contributed by atoms with Crippen molar-refractivity contribution < 1.29 is 9.13 Å². The average molecular weight is 296 g/mol. The van der Waals surface area contributed by atoms with Crippen molar-refractivity contribution in [2.45, 2.75) is 6.92 Å². The zero-order valence-electron chi connectivity index (χ0n) is 12.8. The Labute approximate surface area is 128 Å². The van der Waals surface area contributed by atoms with Crippen molar-refractivity contribution in [2.24, 2.45) is 0 Å². The fraction of sp³-hybridized carbons (Fsp3) is 0.167. The number of aryl methyl sites for hydroxylation is 1. The number of aromatic nitrogens is 1. The Hall–Kier alpha value is -2.62. The van der Waals surface area contributed by atoms with E-state index >= 15 is 0 Å². The molecule has 0 unspecified atom stereocenters. The van der Waals surface area contributed by atoms with Crippen LogP contribution in [0.2, 0.25) is 0 Å². The van der Waals surface area contributed by atoms with Gasteiger partial charge in [-0.05, 0) is 30.7 Å². The molecule has 0 bridgehead atoms. The summed E-state index contributed by atoms with van der Waals surface area (Å²) in [6.07, 6.45) is 0. The van der Waals surface area contributed by atoms with Crippen molar-refractivity contribution in [1.82, 2.24) is 4.98 Å². The third-order valence-electron chi connectivity index (χ3n) is 3.76. The molecule has 0 radical (unpaired) electrons. The van der Waals surface area contributed by atoms with Crippen LogP contribution in [-0.4, -0.2) is 19.1 Å². The number of nitrogens with zero attached hydrogens (tertiary/aromatic N) is 1. The van der Waals surface area contributed by atoms with Crippen molar-refractivity contribution in [2.75, 3.05) is 19.5 Å². The van der Waals surface area contributed by atoms with Crippen LogP contribution in [0, 0.1) is 12.7 Å². The van der Waals surface area contributed by atoms with Crippen LogP contribution in [0.3, 0.4) is 0 Å². The Morgan fingerprint density at radius 3 is 2.59 bits per heavy atom. The van der Waals surface area contributed by atoms with Gasteiger partial charge in [0.05, 0.1) is 12.8 Å². The maximum Gasteiger partial charge on any atom is 0.134 e. The Kier molecular flexibility index (Phi) is 3.67. The number of ether oxygens (including phenoxy) is 1. The average Bonchev–Trinajstić information content (AvgIpc) is 2.55. The highest BCUT2D eigenvalue weighted by molar-refractivity contribution is 5.98. The zero-order valence-corrected chi connectivity index (χ0v) is 12.8. The van der Waals surface area contributed by atoms with Gasteiger partial charge in [-0.3, -0.25) is 0 Å². The minimum atomic E-state index is -0.231. The number of rotatable bonds is 3. The standard InChI is InChI=1S/C18H17FN2O/c1-11-7-8-12(9-15(11)19)16-10-14-13(18(20-2)21-16)5-4-6-17(14)22-3/h4-10H,1-3H3,(H,20,21). The first kappa shape index (κ1) is 14.3. The van der Waals surface area contributed by atoms with Gasteiger partial charge in [0.15, 0.2) is 0 Å². The lowest BCUT2D eigenvalue weighted by Gasteiger charge is -2.12. The van der Waals surface area contributed by atoms with Crippen molar-refractivity contribution in [3.63, 3.8) is 0 Å². The molecule has 0 saturated heterocycles. The summed E-state index contributed by atoms with van der Waals surface area (Å²) in [4.78, 5) is 4.60. The van der Waals surface area contributed by atoms with Crippen LogP contribution in [-0.2, 0) is 0 Å². The summed E-state index contributed by atoms with van der Waals surface area (Å²) in [5.74, 6) is 1.28. The molecular formula is C18H17FN2O. The van der Waals surface area contributed by atoms with E-state index in [1.165, 1.54) is 6.07 Å². The predicted octanol–water partition coefficient (Wildman–Crippen LogP) is 4.40. The van der Waals surface area contributed by atoms with Gasteiger partial charge in [-0.25, -0.2) is 9.37 Å². The van der Waals surface area contributed by atoms with Gasteiger partial charge in [0, 0.05) is 23.4 Å². The molecule has 0 amide bonds. The first-order valence-electron chi connectivity index (χ1n) is 7.06. The number of halogens is 1. The Balaban J connectivity index is 2.28. The van der Waals surface area contributed by atoms with Crippen LogP contribution in [0.15, 0.2) is 42.5 Å². The zero-order chi connectivity index (χ0) is 15.7. The van der Waals surface area contributed by atoms with E-state index in [1.54, 1.807) is 20.1 Å². The fourth-order valence-electron chi connectivity index (χ4n) is 2.52. The van der Waals surface area contributed by atoms with Gasteiger partial charge in [0.25, 0.3) is 0 Å². The summed E-state index contributed by atoms with van der Waals surface area (Å²) in [7, 11) is 3.46. The summed E-state index contributed by atoms with van der Waals surface area (Å²) in [5.41, 5.74) is 2.07. The van der Waals surface area contributed by atoms with Gasteiger partial charge in [0.1, 0.15) is 17.4 Å². The molecule has 0 aliphatic carbocycles. The van der Waals surface area contributed by atoms with Gasteiger partial charge >= 0.3 is 0 Å². The first-order chi connectivity index (χ1) is 10.6. The molecule has 112 valence electrons. The third-order valence-corrected chi connectivity index (χ3v) is 3.76. The lowest BCUT2D eigenvalue weighted by atomic mass is 10.0. The lowest BCUT2D eigenvalue weighted by Crippen LogP contribution is -1.97. The van der Waals surface area contributed by atoms with E-state index in [0.29, 0.717) is 11.3 Å². The number of benzene rings is 2. The van der Waals surface area contributed by atoms with Gasteiger partial charge < -0.3 is 10.1 Å². The topological polar surface area (TPSA) is 34.2 Å². The second-order valence-electron chi connectivity index (χ2n) is 5.13. The molecule has 0 fully saturated rings. The van der Waals surface area contributed by atoms with Crippen molar-refractivity contribution in [1.29, 1.82) is 0 Å². The fourth-order valence-corrected chi connectivity index (χ4v) is 2.52. The maximum atomic E-state index is 13.8. The summed E-state index contributed by atoms with van der Waals surface area (Å²) in [5, 5.41) is 5.01. The minimum Gasteiger partial charge on any atom is -0.496 e. The number of anilines is 1. The molecule has 2 aromatic carbocycles. The van der Waals surface area contributed by atoms with E-state index in [4.69, 9.17) is 4.74 Å². The van der Waals surface area contributed by atoms with E-state index in [-0.39, 0.29) is 5.82 Å². The van der Waals surface area contributed by atoms with Crippen LogP contribution in [0.5, 0.6) is 5.75 Å². The smallest absolute Gasteiger partial charge is 0.134 e. The van der Waals surface area contributed by atoms with Gasteiger partial charge in [-0.1, -0.05) is 24.3 Å². The minimum absolute atomic E-state index is 0.231. The molecule has 0 spiro atoms. The van der Waals surface area contributed by atoms with Crippen molar-refractivity contribution in [3.05, 3.63) is 53.8 Å². The molecule has 0 atom stereocenters. The Morgan fingerprint density at radius 2 is 1.91 bits per heavy atom. The monoisotopic (exact) mass is 296 g/mol. The van der Waals surface area contributed by atoms with Crippen molar-refractivity contribution >= 4 is 16.6 Å². The van der Waals surface area contributed by atoms with E-state index in [9.17, 15) is 4.39 Å². The van der Waals surface area contributed by atoms with Crippen LogP contribution >= 0.6 is 0 Å². The van der Waals surface area contributed by atoms with Gasteiger partial charge in [0.2, 0.25) is 0 Å². The van der Waals surface area contributed by atoms with E-state index in [2.05, 4.69) is 10.3 Å². The maximum absolute atomic E-state index is 13.8. The van der Waals surface area contributed by atoms with E-state index in [0.717, 1.165) is 27.9 Å². The molecular weight excluding hydrogens is 279 g/mol. The SMILES string of the molecule is CNc1nc(-c2ccc(C)c(F)c2)cc2c(OC)cccc12. The second kappa shape index (κ2) is 5.64. The van der Waals surface area contributed by atoms with Crippen LogP contribution < -0.4 is 10.1 Å². The third kappa shape index (κ3) is 2.37. The van der Waals surface area contributed by atoms with Crippen LogP contribution in [0.25, 0.3) is 22.0 Å². The molecule has 4 heteroatoms. The molecule has 3 nitrogen and oxygen atoms in total. The largest absolute Gasteiger partial charge is 0.496 e. The van der Waals surface area contributed by atoms with E-state index < -0.39 is 0 Å². The highest BCUT2D eigenvalue weighted by Gasteiger charge is 2.11.